The Morgan fingerprint density at radius 2 is 2.17 bits per heavy atom. The van der Waals surface area contributed by atoms with Crippen LogP contribution in [-0.4, -0.2) is 24.2 Å². The second-order valence-corrected chi connectivity index (χ2v) is 3.24. The van der Waals surface area contributed by atoms with Gasteiger partial charge in [0.05, 0.1) is 0 Å². The summed E-state index contributed by atoms with van der Waals surface area (Å²) in [7, 11) is 0. The highest BCUT2D eigenvalue weighted by Crippen LogP contribution is 1.91. The van der Waals surface area contributed by atoms with Gasteiger partial charge < -0.3 is 10.4 Å². The number of rotatable bonds is 5. The maximum atomic E-state index is 10.3. The third-order valence-electron chi connectivity index (χ3n) is 1.44. The van der Waals surface area contributed by atoms with Gasteiger partial charge in [-0.2, -0.15) is 0 Å². The number of carboxylic acid groups (broad SMARTS) is 1. The highest BCUT2D eigenvalue weighted by Gasteiger charge is 1.97. The average Bonchev–Trinajstić information content (AvgIpc) is 1.97. The highest BCUT2D eigenvalue weighted by molar-refractivity contribution is 5.85. The number of aliphatic carboxylic acids is 1. The molecule has 0 aromatic carbocycles. The summed E-state index contributed by atoms with van der Waals surface area (Å²) in [6, 6.07) is 0. The van der Waals surface area contributed by atoms with Crippen molar-refractivity contribution >= 4 is 5.97 Å². The van der Waals surface area contributed by atoms with E-state index in [4.69, 9.17) is 5.11 Å². The van der Waals surface area contributed by atoms with E-state index in [1.54, 1.807) is 13.0 Å². The van der Waals surface area contributed by atoms with E-state index in [9.17, 15) is 4.79 Å². The summed E-state index contributed by atoms with van der Waals surface area (Å²) >= 11 is 0. The van der Waals surface area contributed by atoms with E-state index in [-0.39, 0.29) is 0 Å². The lowest BCUT2D eigenvalue weighted by Gasteiger charge is -2.04. The quantitative estimate of drug-likeness (QED) is 0.483. The number of nitrogens with one attached hydrogen (secondary N) is 1. The smallest absolute Gasteiger partial charge is 0.330 e. The van der Waals surface area contributed by atoms with Gasteiger partial charge in [0.2, 0.25) is 0 Å². The fourth-order valence-electron chi connectivity index (χ4n) is 0.685. The van der Waals surface area contributed by atoms with E-state index in [0.29, 0.717) is 18.0 Å². The first-order valence-corrected chi connectivity index (χ1v) is 4.14. The molecular formula is C9H17NO2. The van der Waals surface area contributed by atoms with Crippen LogP contribution in [0, 0.1) is 5.92 Å². The normalized spacial score (nSPS) is 12.2. The Bertz CT molecular complexity index is 173. The Kier molecular flexibility index (Phi) is 5.37. The fraction of sp³-hybridized carbons (Fsp3) is 0.667. The zero-order valence-electron chi connectivity index (χ0n) is 7.92. The van der Waals surface area contributed by atoms with Gasteiger partial charge in [0.1, 0.15) is 0 Å². The van der Waals surface area contributed by atoms with E-state index in [2.05, 4.69) is 19.2 Å². The molecule has 0 aromatic rings. The van der Waals surface area contributed by atoms with Gasteiger partial charge in [-0.25, -0.2) is 4.79 Å². The zero-order chi connectivity index (χ0) is 9.56. The summed E-state index contributed by atoms with van der Waals surface area (Å²) < 4.78 is 0. The summed E-state index contributed by atoms with van der Waals surface area (Å²) in [5.74, 6) is -0.245. The van der Waals surface area contributed by atoms with Gasteiger partial charge in [0.25, 0.3) is 0 Å². The van der Waals surface area contributed by atoms with Gasteiger partial charge in [0, 0.05) is 12.1 Å². The van der Waals surface area contributed by atoms with Crippen molar-refractivity contribution in [3.63, 3.8) is 0 Å². The predicted molar refractivity (Wildman–Crippen MR) is 49.1 cm³/mol. The molecule has 0 aliphatic carbocycles. The Morgan fingerprint density at radius 1 is 1.58 bits per heavy atom. The topological polar surface area (TPSA) is 49.3 Å². The minimum atomic E-state index is -0.846. The van der Waals surface area contributed by atoms with Gasteiger partial charge in [-0.05, 0) is 19.4 Å². The van der Waals surface area contributed by atoms with Crippen LogP contribution in [0.15, 0.2) is 11.6 Å². The molecule has 0 bridgehead atoms. The molecule has 3 nitrogen and oxygen atoms in total. The van der Waals surface area contributed by atoms with Crippen LogP contribution in [0.1, 0.15) is 20.8 Å². The first-order valence-electron chi connectivity index (χ1n) is 4.14. The molecule has 2 N–H and O–H groups in total. The van der Waals surface area contributed by atoms with Crippen LogP contribution in [-0.2, 0) is 4.79 Å². The Labute approximate surface area is 73.5 Å². The third kappa shape index (κ3) is 5.92. The molecule has 0 aliphatic heterocycles. The van der Waals surface area contributed by atoms with Crippen LogP contribution in [0.4, 0.5) is 0 Å². The number of carbonyl (C=O) groups is 1. The Morgan fingerprint density at radius 3 is 2.58 bits per heavy atom. The summed E-state index contributed by atoms with van der Waals surface area (Å²) in [6.07, 6.45) is 1.69. The molecule has 0 spiro atoms. The molecule has 70 valence electrons. The lowest BCUT2D eigenvalue weighted by Crippen LogP contribution is -2.20. The van der Waals surface area contributed by atoms with Gasteiger partial charge in [-0.15, -0.1) is 0 Å². The second-order valence-electron chi connectivity index (χ2n) is 3.24. The van der Waals surface area contributed by atoms with Crippen molar-refractivity contribution in [1.82, 2.24) is 5.32 Å². The lowest BCUT2D eigenvalue weighted by atomic mass is 10.2. The summed E-state index contributed by atoms with van der Waals surface area (Å²) in [6.45, 7) is 7.38. The molecule has 0 aliphatic rings. The summed E-state index contributed by atoms with van der Waals surface area (Å²) in [4.78, 5) is 10.3. The highest BCUT2D eigenvalue weighted by atomic mass is 16.4. The lowest BCUT2D eigenvalue weighted by molar-refractivity contribution is -0.132. The summed E-state index contributed by atoms with van der Waals surface area (Å²) in [5.41, 5.74) is 0.395. The van der Waals surface area contributed by atoms with Gasteiger partial charge in [0.15, 0.2) is 0 Å². The maximum absolute atomic E-state index is 10.3. The van der Waals surface area contributed by atoms with Crippen molar-refractivity contribution < 1.29 is 9.90 Å². The minimum absolute atomic E-state index is 0.395. The van der Waals surface area contributed by atoms with Crippen molar-refractivity contribution in [2.75, 3.05) is 13.1 Å². The molecule has 0 atom stereocenters. The number of hydrogen-bond acceptors (Lipinski definition) is 2. The summed E-state index contributed by atoms with van der Waals surface area (Å²) in [5, 5.41) is 11.6. The van der Waals surface area contributed by atoms with Crippen LogP contribution in [0.5, 0.6) is 0 Å². The molecule has 0 radical (unpaired) electrons. The molecule has 0 aromatic heterocycles. The van der Waals surface area contributed by atoms with Crippen molar-refractivity contribution in [3.05, 3.63) is 11.6 Å². The molecule has 0 rings (SSSR count). The first-order chi connectivity index (χ1) is 5.54. The number of carboxylic acids is 1. The van der Waals surface area contributed by atoms with Gasteiger partial charge in [-0.3, -0.25) is 0 Å². The third-order valence-corrected chi connectivity index (χ3v) is 1.44. The SMILES string of the molecule is C/C(=C/CNCC(C)C)C(=O)O. The van der Waals surface area contributed by atoms with Crippen molar-refractivity contribution in [2.45, 2.75) is 20.8 Å². The van der Waals surface area contributed by atoms with E-state index < -0.39 is 5.97 Å². The minimum Gasteiger partial charge on any atom is -0.478 e. The van der Waals surface area contributed by atoms with Crippen molar-refractivity contribution in [1.29, 1.82) is 0 Å². The molecule has 12 heavy (non-hydrogen) atoms. The Balaban J connectivity index is 3.54. The van der Waals surface area contributed by atoms with Crippen molar-refractivity contribution in [2.24, 2.45) is 5.92 Å². The number of hydrogen-bond donors (Lipinski definition) is 2. The van der Waals surface area contributed by atoms with Crippen LogP contribution in [0.25, 0.3) is 0 Å². The molecule has 0 heterocycles. The van der Waals surface area contributed by atoms with E-state index >= 15 is 0 Å². The Hall–Kier alpha value is -0.830. The molecular weight excluding hydrogens is 154 g/mol. The largest absolute Gasteiger partial charge is 0.478 e. The standard InChI is InChI=1S/C9H17NO2/c1-7(2)6-10-5-4-8(3)9(11)12/h4,7,10H,5-6H2,1-3H3,(H,11,12)/b8-4-. The van der Waals surface area contributed by atoms with E-state index in [1.165, 1.54) is 0 Å². The van der Waals surface area contributed by atoms with E-state index in [1.807, 2.05) is 0 Å². The van der Waals surface area contributed by atoms with Crippen LogP contribution in [0.3, 0.4) is 0 Å². The molecule has 0 saturated carbocycles. The van der Waals surface area contributed by atoms with Crippen LogP contribution < -0.4 is 5.32 Å². The van der Waals surface area contributed by atoms with Crippen LogP contribution in [0.2, 0.25) is 0 Å². The van der Waals surface area contributed by atoms with Gasteiger partial charge >= 0.3 is 5.97 Å². The molecule has 0 unspecified atom stereocenters. The fourth-order valence-corrected chi connectivity index (χ4v) is 0.685. The zero-order valence-corrected chi connectivity index (χ0v) is 7.92. The van der Waals surface area contributed by atoms with Crippen molar-refractivity contribution in [3.8, 4) is 0 Å². The monoisotopic (exact) mass is 171 g/mol. The van der Waals surface area contributed by atoms with Crippen LogP contribution >= 0.6 is 0 Å². The average molecular weight is 171 g/mol. The first kappa shape index (κ1) is 11.2. The molecule has 0 amide bonds. The predicted octanol–water partition coefficient (Wildman–Crippen LogP) is 1.26. The molecule has 0 fully saturated rings. The second kappa shape index (κ2) is 5.77. The van der Waals surface area contributed by atoms with Gasteiger partial charge in [-0.1, -0.05) is 19.9 Å². The molecule has 0 saturated heterocycles. The van der Waals surface area contributed by atoms with E-state index in [0.717, 1.165) is 6.54 Å². The molecule has 3 heteroatoms. The maximum Gasteiger partial charge on any atom is 0.330 e.